The van der Waals surface area contributed by atoms with Crippen LogP contribution in [0.4, 0.5) is 0 Å². The smallest absolute Gasteiger partial charge is 0.333 e. The number of ether oxygens (including phenoxy) is 1. The lowest BCUT2D eigenvalue weighted by molar-refractivity contribution is -0.137. The van der Waals surface area contributed by atoms with Crippen molar-refractivity contribution in [3.8, 4) is 0 Å². The van der Waals surface area contributed by atoms with Crippen molar-refractivity contribution < 1.29 is 14.3 Å². The Morgan fingerprint density at radius 1 is 1.45 bits per heavy atom. The van der Waals surface area contributed by atoms with Gasteiger partial charge in [0.2, 0.25) is 5.91 Å². The average Bonchev–Trinajstić information content (AvgIpc) is 2.74. The van der Waals surface area contributed by atoms with E-state index in [-0.39, 0.29) is 5.91 Å². The van der Waals surface area contributed by atoms with Gasteiger partial charge in [-0.2, -0.15) is 0 Å². The van der Waals surface area contributed by atoms with Crippen LogP contribution >= 0.6 is 23.4 Å². The molecule has 1 fully saturated rings. The minimum absolute atomic E-state index is 0.0134. The van der Waals surface area contributed by atoms with E-state index in [1.165, 1.54) is 17.8 Å². The van der Waals surface area contributed by atoms with Crippen molar-refractivity contribution in [1.29, 1.82) is 0 Å². The van der Waals surface area contributed by atoms with Crippen molar-refractivity contribution in [3.05, 3.63) is 46.0 Å². The Kier molecular flexibility index (Phi) is 5.09. The first-order valence-electron chi connectivity index (χ1n) is 6.16. The number of hydrogen-bond acceptors (Lipinski definition) is 4. The number of thioether (sulfide) groups is 1. The van der Waals surface area contributed by atoms with Crippen molar-refractivity contribution in [2.75, 3.05) is 12.4 Å². The van der Waals surface area contributed by atoms with E-state index < -0.39 is 5.97 Å². The van der Waals surface area contributed by atoms with E-state index in [1.807, 2.05) is 12.1 Å². The van der Waals surface area contributed by atoms with Gasteiger partial charge in [0.15, 0.2) is 0 Å². The van der Waals surface area contributed by atoms with Gasteiger partial charge in [-0.3, -0.25) is 4.79 Å². The van der Waals surface area contributed by atoms with Crippen molar-refractivity contribution in [3.63, 3.8) is 0 Å². The minimum Gasteiger partial charge on any atom is -0.463 e. The first kappa shape index (κ1) is 14.9. The maximum Gasteiger partial charge on any atom is 0.333 e. The second-order valence-corrected chi connectivity index (χ2v) is 5.56. The minimum atomic E-state index is -0.425. The SMILES string of the molecule is CCOC(=O)/C=C1\SCC(=O)N1Cc1ccc(Cl)cc1. The molecule has 0 bridgehead atoms. The Morgan fingerprint density at radius 2 is 2.15 bits per heavy atom. The molecule has 1 heterocycles. The fourth-order valence-electron chi connectivity index (χ4n) is 1.76. The van der Waals surface area contributed by atoms with E-state index in [4.69, 9.17) is 16.3 Å². The summed E-state index contributed by atoms with van der Waals surface area (Å²) in [5.74, 6) is -0.0925. The molecule has 1 aromatic rings. The van der Waals surface area contributed by atoms with Gasteiger partial charge in [-0.15, -0.1) is 0 Å². The first-order chi connectivity index (χ1) is 9.60. The zero-order valence-electron chi connectivity index (χ0n) is 11.0. The van der Waals surface area contributed by atoms with E-state index in [9.17, 15) is 9.59 Å². The number of halogens is 1. The highest BCUT2D eigenvalue weighted by molar-refractivity contribution is 8.04. The number of nitrogens with zero attached hydrogens (tertiary/aromatic N) is 1. The normalized spacial score (nSPS) is 16.8. The lowest BCUT2D eigenvalue weighted by Gasteiger charge is -2.17. The maximum absolute atomic E-state index is 11.9. The molecule has 1 amide bonds. The lowest BCUT2D eigenvalue weighted by Crippen LogP contribution is -2.24. The van der Waals surface area contributed by atoms with Crippen LogP contribution in [0.2, 0.25) is 5.02 Å². The van der Waals surface area contributed by atoms with Crippen molar-refractivity contribution >= 4 is 35.2 Å². The monoisotopic (exact) mass is 311 g/mol. The molecule has 0 unspecified atom stereocenters. The van der Waals surface area contributed by atoms with Gasteiger partial charge in [-0.05, 0) is 24.6 Å². The Morgan fingerprint density at radius 3 is 2.80 bits per heavy atom. The highest BCUT2D eigenvalue weighted by Crippen LogP contribution is 2.30. The molecule has 0 radical (unpaired) electrons. The number of carbonyl (C=O) groups is 2. The van der Waals surface area contributed by atoms with E-state index in [0.29, 0.717) is 29.0 Å². The van der Waals surface area contributed by atoms with Crippen LogP contribution in [-0.2, 0) is 20.9 Å². The number of hydrogen-bond donors (Lipinski definition) is 0. The van der Waals surface area contributed by atoms with E-state index in [1.54, 1.807) is 24.0 Å². The average molecular weight is 312 g/mol. The van der Waals surface area contributed by atoms with Crippen LogP contribution in [0, 0.1) is 0 Å². The summed E-state index contributed by atoms with van der Waals surface area (Å²) in [6.45, 7) is 2.49. The van der Waals surface area contributed by atoms with Crippen LogP contribution in [-0.4, -0.2) is 29.1 Å². The van der Waals surface area contributed by atoms with Gasteiger partial charge < -0.3 is 9.64 Å². The number of carbonyl (C=O) groups excluding carboxylic acids is 2. The Bertz CT molecular complexity index is 542. The molecule has 2 rings (SSSR count). The van der Waals surface area contributed by atoms with E-state index >= 15 is 0 Å². The number of rotatable bonds is 4. The Hall–Kier alpha value is -1.46. The Labute approximate surface area is 126 Å². The predicted molar refractivity (Wildman–Crippen MR) is 79.2 cm³/mol. The van der Waals surface area contributed by atoms with Crippen LogP contribution < -0.4 is 0 Å². The summed E-state index contributed by atoms with van der Waals surface area (Å²) >= 11 is 7.18. The first-order valence-corrected chi connectivity index (χ1v) is 7.52. The number of benzene rings is 1. The molecule has 106 valence electrons. The molecule has 0 saturated carbocycles. The summed E-state index contributed by atoms with van der Waals surface area (Å²) < 4.78 is 4.87. The third-order valence-corrected chi connectivity index (χ3v) is 3.97. The molecule has 0 aromatic heterocycles. The molecule has 1 aliphatic heterocycles. The van der Waals surface area contributed by atoms with Crippen LogP contribution in [0.3, 0.4) is 0 Å². The van der Waals surface area contributed by atoms with Gasteiger partial charge in [0, 0.05) is 5.02 Å². The molecule has 6 heteroatoms. The molecule has 0 atom stereocenters. The summed E-state index contributed by atoms with van der Waals surface area (Å²) in [6, 6.07) is 7.28. The van der Waals surface area contributed by atoms with Crippen LogP contribution in [0.25, 0.3) is 0 Å². The molecule has 0 N–H and O–H groups in total. The summed E-state index contributed by atoms with van der Waals surface area (Å²) in [5, 5.41) is 1.28. The van der Waals surface area contributed by atoms with Crippen LogP contribution in [0.1, 0.15) is 12.5 Å². The molecule has 0 spiro atoms. The molecule has 1 saturated heterocycles. The maximum atomic E-state index is 11.9. The third kappa shape index (κ3) is 3.77. The van der Waals surface area contributed by atoms with Gasteiger partial charge in [0.25, 0.3) is 0 Å². The van der Waals surface area contributed by atoms with Gasteiger partial charge in [-0.1, -0.05) is 35.5 Å². The summed E-state index contributed by atoms with van der Waals surface area (Å²) in [4.78, 5) is 25.0. The van der Waals surface area contributed by atoms with Crippen LogP contribution in [0.5, 0.6) is 0 Å². The third-order valence-electron chi connectivity index (χ3n) is 2.69. The molecular weight excluding hydrogens is 298 g/mol. The Balaban J connectivity index is 2.12. The molecule has 1 aromatic carbocycles. The highest BCUT2D eigenvalue weighted by atomic mass is 35.5. The zero-order chi connectivity index (χ0) is 14.5. The largest absolute Gasteiger partial charge is 0.463 e. The number of esters is 1. The van der Waals surface area contributed by atoms with Crippen molar-refractivity contribution in [2.45, 2.75) is 13.5 Å². The fraction of sp³-hybridized carbons (Fsp3) is 0.286. The second kappa shape index (κ2) is 6.81. The summed E-state index contributed by atoms with van der Waals surface area (Å²) in [5.41, 5.74) is 0.958. The van der Waals surface area contributed by atoms with Crippen molar-refractivity contribution in [1.82, 2.24) is 4.90 Å². The second-order valence-electron chi connectivity index (χ2n) is 4.13. The summed E-state index contributed by atoms with van der Waals surface area (Å²) in [6.07, 6.45) is 1.37. The zero-order valence-corrected chi connectivity index (χ0v) is 12.5. The summed E-state index contributed by atoms with van der Waals surface area (Å²) in [7, 11) is 0. The highest BCUT2D eigenvalue weighted by Gasteiger charge is 2.27. The lowest BCUT2D eigenvalue weighted by atomic mass is 10.2. The van der Waals surface area contributed by atoms with E-state index in [0.717, 1.165) is 5.56 Å². The molecule has 1 aliphatic rings. The predicted octanol–water partition coefficient (Wildman–Crippen LogP) is 2.82. The van der Waals surface area contributed by atoms with Gasteiger partial charge in [-0.25, -0.2) is 4.79 Å². The standard InChI is InChI=1S/C14H14ClNO3S/c1-2-19-14(18)7-13-16(12(17)9-20-13)8-10-3-5-11(15)6-4-10/h3-7H,2,8-9H2,1H3/b13-7-. The topological polar surface area (TPSA) is 46.6 Å². The molecule has 4 nitrogen and oxygen atoms in total. The van der Waals surface area contributed by atoms with Crippen molar-refractivity contribution in [2.24, 2.45) is 0 Å². The van der Waals surface area contributed by atoms with Gasteiger partial charge in [0.1, 0.15) is 0 Å². The molecule has 20 heavy (non-hydrogen) atoms. The number of amides is 1. The fourth-order valence-corrected chi connectivity index (χ4v) is 2.81. The molecular formula is C14H14ClNO3S. The van der Waals surface area contributed by atoms with E-state index in [2.05, 4.69) is 0 Å². The molecule has 0 aliphatic carbocycles. The quantitative estimate of drug-likeness (QED) is 0.633. The van der Waals surface area contributed by atoms with Gasteiger partial charge in [0.05, 0.1) is 30.0 Å². The van der Waals surface area contributed by atoms with Crippen LogP contribution in [0.15, 0.2) is 35.4 Å². The van der Waals surface area contributed by atoms with Gasteiger partial charge >= 0.3 is 5.97 Å².